The lowest BCUT2D eigenvalue weighted by molar-refractivity contribution is -0.138. The molecule has 3 N–H and O–H groups in total. The van der Waals surface area contributed by atoms with Crippen molar-refractivity contribution in [1.82, 2.24) is 4.57 Å². The summed E-state index contributed by atoms with van der Waals surface area (Å²) < 4.78 is 14.9. The van der Waals surface area contributed by atoms with Crippen molar-refractivity contribution in [2.24, 2.45) is 12.8 Å². The summed E-state index contributed by atoms with van der Waals surface area (Å²) in [7, 11) is 1.79. The topological polar surface area (TPSA) is 68.2 Å². The quantitative estimate of drug-likeness (QED) is 0.895. The molecule has 0 spiro atoms. The second-order valence-electron chi connectivity index (χ2n) is 4.08. The Balaban J connectivity index is 0.000000861. The van der Waals surface area contributed by atoms with Gasteiger partial charge in [-0.25, -0.2) is 4.39 Å². The minimum atomic E-state index is -1.04. The Bertz CT molecular complexity index is 578. The van der Waals surface area contributed by atoms with Gasteiger partial charge in [-0.15, -0.1) is 0 Å². The molecular formula is C14H19FN2O2. The minimum absolute atomic E-state index is 0.234. The molecule has 104 valence electrons. The Labute approximate surface area is 111 Å². The first-order chi connectivity index (χ1) is 8.99. The molecule has 1 aromatic heterocycles. The van der Waals surface area contributed by atoms with Crippen LogP contribution in [0.1, 0.15) is 19.4 Å². The summed E-state index contributed by atoms with van der Waals surface area (Å²) in [6.07, 6.45) is 2.02. The predicted octanol–water partition coefficient (Wildman–Crippen LogP) is 2.30. The van der Waals surface area contributed by atoms with Crippen molar-refractivity contribution in [3.8, 4) is 0 Å². The fourth-order valence-corrected chi connectivity index (χ4v) is 1.93. The fourth-order valence-electron chi connectivity index (χ4n) is 1.93. The second-order valence-corrected chi connectivity index (χ2v) is 4.08. The number of hydrogen-bond acceptors (Lipinski definition) is 2. The molecule has 0 aliphatic heterocycles. The minimum Gasteiger partial charge on any atom is -0.480 e. The Morgan fingerprint density at radius 1 is 1.47 bits per heavy atom. The maximum Gasteiger partial charge on any atom is 0.320 e. The van der Waals surface area contributed by atoms with E-state index in [1.807, 2.05) is 13.8 Å². The number of aryl methyl sites for hydroxylation is 1. The molecule has 0 saturated carbocycles. The van der Waals surface area contributed by atoms with Crippen LogP contribution in [0.3, 0.4) is 0 Å². The zero-order valence-corrected chi connectivity index (χ0v) is 11.4. The third kappa shape index (κ3) is 3.32. The molecule has 0 saturated heterocycles. The molecule has 0 fully saturated rings. The molecule has 0 radical (unpaired) electrons. The summed E-state index contributed by atoms with van der Waals surface area (Å²) in [5, 5.41) is 9.61. The van der Waals surface area contributed by atoms with Gasteiger partial charge >= 0.3 is 5.97 Å². The Morgan fingerprint density at radius 3 is 2.68 bits per heavy atom. The van der Waals surface area contributed by atoms with Crippen molar-refractivity contribution in [3.63, 3.8) is 0 Å². The van der Waals surface area contributed by atoms with Crippen molar-refractivity contribution in [3.05, 3.63) is 35.8 Å². The number of halogens is 1. The van der Waals surface area contributed by atoms with E-state index in [-0.39, 0.29) is 12.2 Å². The highest BCUT2D eigenvalue weighted by Crippen LogP contribution is 2.22. The average Bonchev–Trinajstić information content (AvgIpc) is 2.68. The number of carboxylic acid groups (broad SMARTS) is 1. The van der Waals surface area contributed by atoms with E-state index in [4.69, 9.17) is 10.8 Å². The monoisotopic (exact) mass is 266 g/mol. The molecule has 0 aliphatic carbocycles. The smallest absolute Gasteiger partial charge is 0.320 e. The van der Waals surface area contributed by atoms with E-state index in [1.165, 1.54) is 12.1 Å². The van der Waals surface area contributed by atoms with Crippen LogP contribution in [0.2, 0.25) is 0 Å². The standard InChI is InChI=1S/C12H13FN2O2.C2H6/c1-15-6-7(4-10(14)12(16)17)9-3-2-8(13)5-11(9)15;1-2/h2-3,5-6,10H,4,14H2,1H3,(H,16,17);1-2H3. The SMILES string of the molecule is CC.Cn1cc(CC(N)C(=O)O)c2ccc(F)cc21. The molecule has 1 heterocycles. The van der Waals surface area contributed by atoms with Gasteiger partial charge in [-0.2, -0.15) is 0 Å². The first-order valence-corrected chi connectivity index (χ1v) is 6.21. The number of nitrogens with zero attached hydrogens (tertiary/aromatic N) is 1. The summed E-state index contributed by atoms with van der Waals surface area (Å²) in [4.78, 5) is 10.7. The Hall–Kier alpha value is -1.88. The number of hydrogen-bond donors (Lipinski definition) is 2. The number of aliphatic carboxylic acids is 1. The highest BCUT2D eigenvalue weighted by Gasteiger charge is 2.15. The predicted molar refractivity (Wildman–Crippen MR) is 73.5 cm³/mol. The molecule has 0 bridgehead atoms. The molecule has 5 heteroatoms. The molecule has 1 atom stereocenters. The molecular weight excluding hydrogens is 247 g/mol. The van der Waals surface area contributed by atoms with Crippen molar-refractivity contribution in [1.29, 1.82) is 0 Å². The summed E-state index contributed by atoms with van der Waals surface area (Å²) in [6, 6.07) is 3.49. The van der Waals surface area contributed by atoms with Crippen LogP contribution < -0.4 is 5.73 Å². The van der Waals surface area contributed by atoms with Gasteiger partial charge in [-0.1, -0.05) is 13.8 Å². The fraction of sp³-hybridized carbons (Fsp3) is 0.357. The average molecular weight is 266 g/mol. The number of nitrogens with two attached hydrogens (primary N) is 1. The van der Waals surface area contributed by atoms with Gasteiger partial charge in [0.15, 0.2) is 0 Å². The van der Waals surface area contributed by atoms with E-state index in [0.717, 1.165) is 16.5 Å². The van der Waals surface area contributed by atoms with Crippen LogP contribution in [0, 0.1) is 5.82 Å². The van der Waals surface area contributed by atoms with Gasteiger partial charge in [0.1, 0.15) is 11.9 Å². The molecule has 0 amide bonds. The highest BCUT2D eigenvalue weighted by atomic mass is 19.1. The van der Waals surface area contributed by atoms with Gasteiger partial charge in [-0.3, -0.25) is 4.79 Å². The number of benzene rings is 1. The normalized spacial score (nSPS) is 11.8. The first kappa shape index (κ1) is 15.2. The van der Waals surface area contributed by atoms with Gasteiger partial charge in [0.05, 0.1) is 5.52 Å². The van der Waals surface area contributed by atoms with Gasteiger partial charge in [0, 0.05) is 25.1 Å². The summed E-state index contributed by atoms with van der Waals surface area (Å²) >= 11 is 0. The summed E-state index contributed by atoms with van der Waals surface area (Å²) in [6.45, 7) is 4.00. The zero-order valence-electron chi connectivity index (χ0n) is 11.4. The van der Waals surface area contributed by atoms with Crippen LogP contribution in [-0.4, -0.2) is 21.7 Å². The lowest BCUT2D eigenvalue weighted by Gasteiger charge is -2.04. The third-order valence-electron chi connectivity index (χ3n) is 2.79. The maximum atomic E-state index is 13.1. The van der Waals surface area contributed by atoms with Crippen LogP contribution in [0.15, 0.2) is 24.4 Å². The number of carbonyl (C=O) groups is 1. The van der Waals surface area contributed by atoms with Gasteiger partial charge < -0.3 is 15.4 Å². The van der Waals surface area contributed by atoms with E-state index < -0.39 is 12.0 Å². The second kappa shape index (κ2) is 6.33. The summed E-state index contributed by atoms with van der Waals surface area (Å²) in [5.74, 6) is -1.35. The Morgan fingerprint density at radius 2 is 2.11 bits per heavy atom. The van der Waals surface area contributed by atoms with Crippen molar-refractivity contribution in [2.45, 2.75) is 26.3 Å². The van der Waals surface area contributed by atoms with E-state index in [9.17, 15) is 9.18 Å². The molecule has 19 heavy (non-hydrogen) atoms. The van der Waals surface area contributed by atoms with E-state index >= 15 is 0 Å². The van der Waals surface area contributed by atoms with Gasteiger partial charge in [0.25, 0.3) is 0 Å². The molecule has 1 aromatic carbocycles. The van der Waals surface area contributed by atoms with Crippen LogP contribution >= 0.6 is 0 Å². The largest absolute Gasteiger partial charge is 0.480 e. The first-order valence-electron chi connectivity index (χ1n) is 6.21. The number of carboxylic acids is 1. The van der Waals surface area contributed by atoms with E-state index in [2.05, 4.69) is 0 Å². The lowest BCUT2D eigenvalue weighted by Crippen LogP contribution is -2.32. The van der Waals surface area contributed by atoms with Crippen molar-refractivity contribution >= 4 is 16.9 Å². The molecule has 2 rings (SSSR count). The molecule has 4 nitrogen and oxygen atoms in total. The summed E-state index contributed by atoms with van der Waals surface area (Å²) in [5.41, 5.74) is 7.05. The van der Waals surface area contributed by atoms with E-state index in [0.29, 0.717) is 0 Å². The Kier molecular flexibility index (Phi) is 5.06. The molecule has 0 aliphatic rings. The van der Waals surface area contributed by atoms with Crippen molar-refractivity contribution in [2.75, 3.05) is 0 Å². The van der Waals surface area contributed by atoms with Gasteiger partial charge in [0.2, 0.25) is 0 Å². The number of fused-ring (bicyclic) bond motifs is 1. The lowest BCUT2D eigenvalue weighted by atomic mass is 10.1. The third-order valence-corrected chi connectivity index (χ3v) is 2.79. The van der Waals surface area contributed by atoms with Crippen LogP contribution in [0.5, 0.6) is 0 Å². The van der Waals surface area contributed by atoms with Gasteiger partial charge in [-0.05, 0) is 23.8 Å². The zero-order chi connectivity index (χ0) is 14.6. The van der Waals surface area contributed by atoms with Crippen LogP contribution in [-0.2, 0) is 18.3 Å². The molecule has 2 aromatic rings. The van der Waals surface area contributed by atoms with E-state index in [1.54, 1.807) is 23.9 Å². The van der Waals surface area contributed by atoms with Crippen LogP contribution in [0.4, 0.5) is 4.39 Å². The van der Waals surface area contributed by atoms with Crippen molar-refractivity contribution < 1.29 is 14.3 Å². The number of rotatable bonds is 3. The highest BCUT2D eigenvalue weighted by molar-refractivity contribution is 5.85. The van der Waals surface area contributed by atoms with Crippen LogP contribution in [0.25, 0.3) is 10.9 Å². The maximum absolute atomic E-state index is 13.1. The molecule has 1 unspecified atom stereocenters. The number of aromatic nitrogens is 1.